The highest BCUT2D eigenvalue weighted by molar-refractivity contribution is 5.73. The second-order valence-electron chi connectivity index (χ2n) is 5.68. The van der Waals surface area contributed by atoms with Gasteiger partial charge >= 0.3 is 0 Å². The SMILES string of the molecule is CC(=O)N1CC[C@H](Cc2cccnc2-c2ccnn2C)C1. The predicted molar refractivity (Wildman–Crippen MR) is 80.5 cm³/mol. The van der Waals surface area contributed by atoms with Crippen LogP contribution in [0.25, 0.3) is 11.4 Å². The third-order valence-electron chi connectivity index (χ3n) is 4.19. The van der Waals surface area contributed by atoms with Gasteiger partial charge in [-0.25, -0.2) is 0 Å². The van der Waals surface area contributed by atoms with Gasteiger partial charge < -0.3 is 4.90 Å². The van der Waals surface area contributed by atoms with Gasteiger partial charge in [0.25, 0.3) is 0 Å². The van der Waals surface area contributed by atoms with Crippen molar-refractivity contribution in [3.05, 3.63) is 36.2 Å². The molecular formula is C16H20N4O. The van der Waals surface area contributed by atoms with Crippen molar-refractivity contribution in [3.63, 3.8) is 0 Å². The van der Waals surface area contributed by atoms with Gasteiger partial charge in [-0.1, -0.05) is 6.07 Å². The maximum absolute atomic E-state index is 11.4. The molecule has 0 saturated carbocycles. The zero-order valence-corrected chi connectivity index (χ0v) is 12.5. The number of aryl methyl sites for hydroxylation is 1. The third kappa shape index (κ3) is 2.82. The van der Waals surface area contributed by atoms with Crippen LogP contribution in [-0.2, 0) is 18.3 Å². The van der Waals surface area contributed by atoms with Crippen molar-refractivity contribution in [2.45, 2.75) is 19.8 Å². The summed E-state index contributed by atoms with van der Waals surface area (Å²) < 4.78 is 1.85. The molecule has 0 bridgehead atoms. The molecule has 0 N–H and O–H groups in total. The van der Waals surface area contributed by atoms with Crippen LogP contribution in [-0.4, -0.2) is 38.7 Å². The number of nitrogens with zero attached hydrogens (tertiary/aromatic N) is 4. The number of hydrogen-bond donors (Lipinski definition) is 0. The number of hydrogen-bond acceptors (Lipinski definition) is 3. The molecule has 1 saturated heterocycles. The van der Waals surface area contributed by atoms with Gasteiger partial charge in [0.05, 0.1) is 11.4 Å². The summed E-state index contributed by atoms with van der Waals surface area (Å²) in [6.07, 6.45) is 5.64. The highest BCUT2D eigenvalue weighted by Crippen LogP contribution is 2.26. The number of carbonyl (C=O) groups excluding carboxylic acids is 1. The Hall–Kier alpha value is -2.17. The molecule has 0 radical (unpaired) electrons. The Morgan fingerprint density at radius 2 is 2.24 bits per heavy atom. The van der Waals surface area contributed by atoms with Gasteiger partial charge in [-0.3, -0.25) is 14.5 Å². The monoisotopic (exact) mass is 284 g/mol. The summed E-state index contributed by atoms with van der Waals surface area (Å²) in [4.78, 5) is 17.9. The number of amides is 1. The number of rotatable bonds is 3. The first-order valence-corrected chi connectivity index (χ1v) is 7.33. The van der Waals surface area contributed by atoms with E-state index in [0.717, 1.165) is 37.3 Å². The first-order valence-electron chi connectivity index (χ1n) is 7.33. The van der Waals surface area contributed by atoms with Crippen molar-refractivity contribution in [3.8, 4) is 11.4 Å². The summed E-state index contributed by atoms with van der Waals surface area (Å²) in [5.74, 6) is 0.695. The zero-order chi connectivity index (χ0) is 14.8. The van der Waals surface area contributed by atoms with E-state index < -0.39 is 0 Å². The molecule has 0 spiro atoms. The molecule has 3 rings (SSSR count). The quantitative estimate of drug-likeness (QED) is 0.865. The van der Waals surface area contributed by atoms with Gasteiger partial charge in [0.2, 0.25) is 5.91 Å². The molecule has 1 fully saturated rings. The summed E-state index contributed by atoms with van der Waals surface area (Å²) in [5.41, 5.74) is 3.27. The van der Waals surface area contributed by atoms with Crippen LogP contribution >= 0.6 is 0 Å². The summed E-state index contributed by atoms with van der Waals surface area (Å²) in [6, 6.07) is 6.10. The Morgan fingerprint density at radius 3 is 2.90 bits per heavy atom. The van der Waals surface area contributed by atoms with Crippen LogP contribution in [0.15, 0.2) is 30.6 Å². The van der Waals surface area contributed by atoms with Gasteiger partial charge in [0, 0.05) is 39.5 Å². The first-order chi connectivity index (χ1) is 10.1. The van der Waals surface area contributed by atoms with E-state index in [2.05, 4.69) is 16.1 Å². The van der Waals surface area contributed by atoms with E-state index in [1.165, 1.54) is 5.56 Å². The van der Waals surface area contributed by atoms with Crippen LogP contribution in [0.4, 0.5) is 0 Å². The maximum Gasteiger partial charge on any atom is 0.219 e. The van der Waals surface area contributed by atoms with Gasteiger partial charge in [-0.2, -0.15) is 5.10 Å². The molecule has 110 valence electrons. The lowest BCUT2D eigenvalue weighted by Gasteiger charge is -2.15. The minimum Gasteiger partial charge on any atom is -0.343 e. The van der Waals surface area contributed by atoms with Crippen molar-refractivity contribution in [1.29, 1.82) is 0 Å². The fourth-order valence-corrected chi connectivity index (χ4v) is 3.04. The topological polar surface area (TPSA) is 51.0 Å². The molecule has 0 aliphatic carbocycles. The highest BCUT2D eigenvalue weighted by Gasteiger charge is 2.25. The second kappa shape index (κ2) is 5.68. The Morgan fingerprint density at radius 1 is 1.38 bits per heavy atom. The number of likely N-dealkylation sites (tertiary alicyclic amines) is 1. The number of carbonyl (C=O) groups is 1. The minimum atomic E-state index is 0.176. The Balaban J connectivity index is 1.81. The highest BCUT2D eigenvalue weighted by atomic mass is 16.2. The van der Waals surface area contributed by atoms with Crippen LogP contribution in [0.3, 0.4) is 0 Å². The predicted octanol–water partition coefficient (Wildman–Crippen LogP) is 1.89. The van der Waals surface area contributed by atoms with E-state index >= 15 is 0 Å². The molecule has 21 heavy (non-hydrogen) atoms. The lowest BCUT2D eigenvalue weighted by molar-refractivity contribution is -0.127. The molecule has 5 nitrogen and oxygen atoms in total. The van der Waals surface area contributed by atoms with Crippen molar-refractivity contribution in [2.24, 2.45) is 13.0 Å². The van der Waals surface area contributed by atoms with Crippen LogP contribution < -0.4 is 0 Å². The largest absolute Gasteiger partial charge is 0.343 e. The van der Waals surface area contributed by atoms with E-state index in [1.54, 1.807) is 13.1 Å². The fourth-order valence-electron chi connectivity index (χ4n) is 3.04. The molecule has 2 aromatic rings. The Bertz CT molecular complexity index is 649. The lowest BCUT2D eigenvalue weighted by atomic mass is 9.96. The zero-order valence-electron chi connectivity index (χ0n) is 12.5. The van der Waals surface area contributed by atoms with Crippen LogP contribution in [0, 0.1) is 5.92 Å². The van der Waals surface area contributed by atoms with Crippen LogP contribution in [0.5, 0.6) is 0 Å². The summed E-state index contributed by atoms with van der Waals surface area (Å²) >= 11 is 0. The van der Waals surface area contributed by atoms with E-state index in [1.807, 2.05) is 35.0 Å². The van der Waals surface area contributed by atoms with Crippen molar-refractivity contribution in [2.75, 3.05) is 13.1 Å². The molecule has 0 aromatic carbocycles. The molecule has 3 heterocycles. The summed E-state index contributed by atoms with van der Waals surface area (Å²) in [7, 11) is 1.93. The number of aromatic nitrogens is 3. The summed E-state index contributed by atoms with van der Waals surface area (Å²) in [5, 5.41) is 4.22. The van der Waals surface area contributed by atoms with Crippen molar-refractivity contribution < 1.29 is 4.79 Å². The first kappa shape index (κ1) is 13.8. The van der Waals surface area contributed by atoms with E-state index in [9.17, 15) is 4.79 Å². The van der Waals surface area contributed by atoms with E-state index in [0.29, 0.717) is 5.92 Å². The van der Waals surface area contributed by atoms with E-state index in [-0.39, 0.29) is 5.91 Å². The molecule has 1 atom stereocenters. The third-order valence-corrected chi connectivity index (χ3v) is 4.19. The van der Waals surface area contributed by atoms with Crippen molar-refractivity contribution >= 4 is 5.91 Å². The normalized spacial score (nSPS) is 18.2. The van der Waals surface area contributed by atoms with Crippen LogP contribution in [0.2, 0.25) is 0 Å². The molecule has 0 unspecified atom stereocenters. The summed E-state index contributed by atoms with van der Waals surface area (Å²) in [6.45, 7) is 3.38. The number of pyridine rings is 1. The van der Waals surface area contributed by atoms with Gasteiger partial charge in [-0.15, -0.1) is 0 Å². The molecule has 1 aliphatic heterocycles. The van der Waals surface area contributed by atoms with E-state index in [4.69, 9.17) is 0 Å². The standard InChI is InChI=1S/C16H20N4O/c1-12(21)20-9-6-13(11-20)10-14-4-3-7-17-16(14)15-5-8-18-19(15)2/h3-5,7-8,13H,6,9-11H2,1-2H3/t13-/m1/s1. The maximum atomic E-state index is 11.4. The Kier molecular flexibility index (Phi) is 3.73. The molecule has 2 aromatic heterocycles. The second-order valence-corrected chi connectivity index (χ2v) is 5.68. The molecular weight excluding hydrogens is 264 g/mol. The minimum absolute atomic E-state index is 0.176. The molecule has 5 heteroatoms. The lowest BCUT2D eigenvalue weighted by Crippen LogP contribution is -2.26. The van der Waals surface area contributed by atoms with Crippen molar-refractivity contribution in [1.82, 2.24) is 19.7 Å². The van der Waals surface area contributed by atoms with Crippen LogP contribution in [0.1, 0.15) is 18.9 Å². The average molecular weight is 284 g/mol. The average Bonchev–Trinajstić information content (AvgIpc) is 3.09. The van der Waals surface area contributed by atoms with Gasteiger partial charge in [-0.05, 0) is 36.5 Å². The van der Waals surface area contributed by atoms with Gasteiger partial charge in [0.15, 0.2) is 0 Å². The smallest absolute Gasteiger partial charge is 0.219 e. The Labute approximate surface area is 124 Å². The fraction of sp³-hybridized carbons (Fsp3) is 0.438. The molecule has 1 aliphatic rings. The van der Waals surface area contributed by atoms with Gasteiger partial charge in [0.1, 0.15) is 0 Å². The molecule has 1 amide bonds.